The number of benzene rings is 3. The van der Waals surface area contributed by atoms with Crippen LogP contribution in [0.2, 0.25) is 0 Å². The number of aliphatic hydroxyl groups excluding tert-OH is 1. The van der Waals surface area contributed by atoms with Gasteiger partial charge in [-0.25, -0.2) is 4.90 Å². The molecule has 0 fully saturated rings. The van der Waals surface area contributed by atoms with Gasteiger partial charge < -0.3 is 9.84 Å². The lowest BCUT2D eigenvalue weighted by atomic mass is 9.79. The molecule has 3 amide bonds. The molecule has 3 aromatic carbocycles. The van der Waals surface area contributed by atoms with Crippen molar-refractivity contribution >= 4 is 17.7 Å². The van der Waals surface area contributed by atoms with E-state index in [1.54, 1.807) is 24.3 Å². The zero-order valence-electron chi connectivity index (χ0n) is 17.2. The Morgan fingerprint density at radius 3 is 1.69 bits per heavy atom. The monoisotopic (exact) mass is 427 g/mol. The Bertz CT molecular complexity index is 1100. The number of aliphatic hydroxyl groups is 1. The van der Waals surface area contributed by atoms with Crippen LogP contribution in [0.3, 0.4) is 0 Å². The third kappa shape index (κ3) is 3.77. The van der Waals surface area contributed by atoms with Crippen LogP contribution in [0.1, 0.15) is 27.0 Å². The Labute approximate surface area is 185 Å². The Balaban J connectivity index is 1.81. The molecule has 1 aliphatic heterocycles. The molecule has 160 valence electrons. The normalized spacial score (nSPS) is 13.6. The highest BCUT2D eigenvalue weighted by atomic mass is 16.5. The van der Waals surface area contributed by atoms with E-state index >= 15 is 0 Å². The van der Waals surface area contributed by atoms with Crippen LogP contribution in [-0.2, 0) is 19.9 Å². The van der Waals surface area contributed by atoms with Crippen molar-refractivity contribution in [3.8, 4) is 0 Å². The molecule has 0 atom stereocenters. The number of rotatable bonds is 7. The number of ether oxygens (including phenoxy) is 1. The maximum absolute atomic E-state index is 12.7. The summed E-state index contributed by atoms with van der Waals surface area (Å²) < 4.78 is 6.31. The van der Waals surface area contributed by atoms with Crippen molar-refractivity contribution in [1.29, 1.82) is 0 Å². The molecule has 1 aliphatic rings. The number of carbonyl (C=O) groups excluding carboxylic acids is 3. The van der Waals surface area contributed by atoms with Crippen molar-refractivity contribution in [3.05, 3.63) is 119 Å². The number of hydrogen-bond acceptors (Lipinski definition) is 5. The molecule has 0 saturated carbocycles. The maximum atomic E-state index is 12.7. The van der Waals surface area contributed by atoms with Crippen LogP contribution in [0.5, 0.6) is 0 Å². The van der Waals surface area contributed by atoms with Crippen LogP contribution in [-0.4, -0.2) is 40.9 Å². The van der Waals surface area contributed by atoms with Crippen LogP contribution < -0.4 is 0 Å². The van der Waals surface area contributed by atoms with Crippen molar-refractivity contribution < 1.29 is 24.2 Å². The van der Waals surface area contributed by atoms with Gasteiger partial charge in [-0.15, -0.1) is 0 Å². The number of amides is 3. The molecular weight excluding hydrogens is 406 g/mol. The summed E-state index contributed by atoms with van der Waals surface area (Å²) in [5, 5.41) is 9.51. The second-order valence-corrected chi connectivity index (χ2v) is 7.21. The van der Waals surface area contributed by atoms with Gasteiger partial charge in [-0.05, 0) is 28.8 Å². The van der Waals surface area contributed by atoms with E-state index in [1.165, 1.54) is 0 Å². The molecule has 6 nitrogen and oxygen atoms in total. The van der Waals surface area contributed by atoms with Gasteiger partial charge in [0.2, 0.25) is 0 Å². The van der Waals surface area contributed by atoms with E-state index in [-0.39, 0.29) is 18.8 Å². The van der Waals surface area contributed by atoms with Crippen LogP contribution in [0.15, 0.2) is 97.1 Å². The summed E-state index contributed by atoms with van der Waals surface area (Å²) in [7, 11) is 0. The second kappa shape index (κ2) is 9.09. The lowest BCUT2D eigenvalue weighted by molar-refractivity contribution is -0.133. The minimum atomic E-state index is -1.03. The molecule has 6 heteroatoms. The van der Waals surface area contributed by atoms with E-state index in [0.29, 0.717) is 4.90 Å². The van der Waals surface area contributed by atoms with E-state index in [9.17, 15) is 19.5 Å². The van der Waals surface area contributed by atoms with Gasteiger partial charge in [-0.2, -0.15) is 0 Å². The minimum Gasteiger partial charge on any atom is -0.394 e. The van der Waals surface area contributed by atoms with E-state index in [0.717, 1.165) is 28.8 Å². The van der Waals surface area contributed by atoms with E-state index in [4.69, 9.17) is 4.74 Å². The van der Waals surface area contributed by atoms with Crippen molar-refractivity contribution in [3.63, 3.8) is 0 Å². The molecule has 3 aromatic rings. The summed E-state index contributed by atoms with van der Waals surface area (Å²) in [5.74, 6) is -1.99. The minimum absolute atomic E-state index is 0.0902. The Morgan fingerprint density at radius 1 is 0.750 bits per heavy atom. The largest absolute Gasteiger partial charge is 0.394 e. The highest BCUT2D eigenvalue weighted by Gasteiger charge is 2.38. The first-order valence-electron chi connectivity index (χ1n) is 10.1. The average molecular weight is 427 g/mol. The molecule has 0 aliphatic carbocycles. The van der Waals surface area contributed by atoms with Gasteiger partial charge in [0.25, 0.3) is 17.7 Å². The summed E-state index contributed by atoms with van der Waals surface area (Å²) in [5.41, 5.74) is 1.61. The summed E-state index contributed by atoms with van der Waals surface area (Å²) >= 11 is 0. The van der Waals surface area contributed by atoms with E-state index in [1.807, 2.05) is 60.7 Å². The molecule has 32 heavy (non-hydrogen) atoms. The molecule has 0 spiro atoms. The fraction of sp³-hybridized carbons (Fsp3) is 0.115. The summed E-state index contributed by atoms with van der Waals surface area (Å²) in [4.78, 5) is 37.1. The molecule has 4 rings (SSSR count). The molecule has 1 N–H and O–H groups in total. The predicted molar refractivity (Wildman–Crippen MR) is 118 cm³/mol. The fourth-order valence-electron chi connectivity index (χ4n) is 3.87. The lowest BCUT2D eigenvalue weighted by Crippen LogP contribution is -2.36. The van der Waals surface area contributed by atoms with Gasteiger partial charge in [-0.3, -0.25) is 14.4 Å². The number of hydrogen-bond donors (Lipinski definition) is 1. The summed E-state index contributed by atoms with van der Waals surface area (Å²) in [6.45, 7) is -0.0723. The highest BCUT2D eigenvalue weighted by molar-refractivity contribution is 6.25. The molecule has 0 saturated heterocycles. The van der Waals surface area contributed by atoms with Crippen molar-refractivity contribution in [2.45, 2.75) is 5.60 Å². The summed E-state index contributed by atoms with van der Waals surface area (Å²) in [6, 6.07) is 25.8. The first-order valence-corrected chi connectivity index (χ1v) is 10.1. The Morgan fingerprint density at radius 2 is 1.22 bits per heavy atom. The SMILES string of the molecule is O=C1C=CC(=O)N1C(=O)c1ccc(C(OCCO)(c2ccccc2)c2ccccc2)cc1. The molecule has 1 heterocycles. The van der Waals surface area contributed by atoms with Gasteiger partial charge in [-0.1, -0.05) is 72.8 Å². The first-order chi connectivity index (χ1) is 15.6. The standard InChI is InChI=1S/C26H21NO5/c28-17-18-32-26(20-7-3-1-4-8-20,21-9-5-2-6-10-21)22-13-11-19(12-14-22)25(31)27-23(29)15-16-24(27)30/h1-16,28H,17-18H2. The number of imide groups is 3. The third-order valence-electron chi connectivity index (χ3n) is 5.32. The van der Waals surface area contributed by atoms with Crippen LogP contribution in [0.4, 0.5) is 0 Å². The van der Waals surface area contributed by atoms with Gasteiger partial charge in [0.05, 0.1) is 13.2 Å². The van der Waals surface area contributed by atoms with Gasteiger partial charge >= 0.3 is 0 Å². The van der Waals surface area contributed by atoms with E-state index in [2.05, 4.69) is 0 Å². The summed E-state index contributed by atoms with van der Waals surface area (Å²) in [6.07, 6.45) is 2.15. The highest BCUT2D eigenvalue weighted by Crippen LogP contribution is 2.40. The van der Waals surface area contributed by atoms with Crippen molar-refractivity contribution in [2.75, 3.05) is 13.2 Å². The van der Waals surface area contributed by atoms with Crippen LogP contribution in [0.25, 0.3) is 0 Å². The number of nitrogens with zero attached hydrogens (tertiary/aromatic N) is 1. The predicted octanol–water partition coefficient (Wildman–Crippen LogP) is 3.05. The Kier molecular flexibility index (Phi) is 6.07. The average Bonchev–Trinajstić information content (AvgIpc) is 3.18. The van der Waals surface area contributed by atoms with E-state index < -0.39 is 23.3 Å². The second-order valence-electron chi connectivity index (χ2n) is 7.21. The zero-order chi connectivity index (χ0) is 22.6. The molecule has 0 aromatic heterocycles. The van der Waals surface area contributed by atoms with Crippen molar-refractivity contribution in [2.24, 2.45) is 0 Å². The van der Waals surface area contributed by atoms with Gasteiger partial charge in [0.1, 0.15) is 5.60 Å². The quantitative estimate of drug-likeness (QED) is 0.463. The lowest BCUT2D eigenvalue weighted by Gasteiger charge is -2.36. The maximum Gasteiger partial charge on any atom is 0.267 e. The van der Waals surface area contributed by atoms with Gasteiger partial charge in [0.15, 0.2) is 0 Å². The topological polar surface area (TPSA) is 83.9 Å². The van der Waals surface area contributed by atoms with Crippen LogP contribution >= 0.6 is 0 Å². The van der Waals surface area contributed by atoms with Crippen molar-refractivity contribution in [1.82, 2.24) is 4.90 Å². The fourth-order valence-corrected chi connectivity index (χ4v) is 3.87. The molecule has 0 bridgehead atoms. The first kappa shape index (κ1) is 21.4. The Hall–Kier alpha value is -3.87. The third-order valence-corrected chi connectivity index (χ3v) is 5.32. The van der Waals surface area contributed by atoms with Gasteiger partial charge in [0, 0.05) is 17.7 Å². The zero-order valence-corrected chi connectivity index (χ0v) is 17.2. The molecular formula is C26H21NO5. The molecule has 0 radical (unpaired) electrons. The smallest absolute Gasteiger partial charge is 0.267 e. The molecule has 0 unspecified atom stereocenters. The van der Waals surface area contributed by atoms with Crippen LogP contribution in [0, 0.1) is 0 Å². The number of carbonyl (C=O) groups is 3.